The van der Waals surface area contributed by atoms with E-state index in [9.17, 15) is 4.79 Å². The van der Waals surface area contributed by atoms with Gasteiger partial charge in [0.05, 0.1) is 6.54 Å². The predicted octanol–water partition coefficient (Wildman–Crippen LogP) is 0.632. The van der Waals surface area contributed by atoms with Gasteiger partial charge in [-0.25, -0.2) is 4.68 Å². The van der Waals surface area contributed by atoms with Gasteiger partial charge < -0.3 is 10.2 Å². The Bertz CT molecular complexity index is 426. The van der Waals surface area contributed by atoms with E-state index in [1.165, 1.54) is 11.8 Å². The van der Waals surface area contributed by atoms with Crippen LogP contribution in [0.4, 0.5) is 0 Å². The summed E-state index contributed by atoms with van der Waals surface area (Å²) in [7, 11) is 3.52. The zero-order chi connectivity index (χ0) is 15.2. The number of rotatable bonds is 7. The first-order chi connectivity index (χ1) is 9.29. The molecule has 1 N–H and O–H groups in total. The van der Waals surface area contributed by atoms with Crippen LogP contribution in [0.3, 0.4) is 0 Å². The second kappa shape index (κ2) is 7.58. The molecule has 0 aromatic carbocycles. The van der Waals surface area contributed by atoms with Crippen LogP contribution in [-0.2, 0) is 11.3 Å². The van der Waals surface area contributed by atoms with E-state index < -0.39 is 0 Å². The van der Waals surface area contributed by atoms with Crippen molar-refractivity contribution in [3.63, 3.8) is 0 Å². The fraction of sp³-hybridized carbons (Fsp3) is 0.833. The molecular formula is C12H24N6OS. The van der Waals surface area contributed by atoms with Gasteiger partial charge in [0.2, 0.25) is 11.1 Å². The predicted molar refractivity (Wildman–Crippen MR) is 79.6 cm³/mol. The first-order valence-corrected chi connectivity index (χ1v) is 7.62. The summed E-state index contributed by atoms with van der Waals surface area (Å²) in [5.74, 6) is 0.801. The Morgan fingerprint density at radius 2 is 2.10 bits per heavy atom. The smallest absolute Gasteiger partial charge is 0.222 e. The fourth-order valence-electron chi connectivity index (χ4n) is 1.43. The molecule has 1 rings (SSSR count). The molecule has 0 aliphatic heterocycles. The maximum atomic E-state index is 11.5. The molecule has 0 saturated carbocycles. The van der Waals surface area contributed by atoms with Gasteiger partial charge in [-0.15, -0.1) is 5.10 Å². The van der Waals surface area contributed by atoms with E-state index in [4.69, 9.17) is 0 Å². The summed E-state index contributed by atoms with van der Waals surface area (Å²) in [4.78, 5) is 13.1. The average Bonchev–Trinajstić information content (AvgIpc) is 2.75. The van der Waals surface area contributed by atoms with Gasteiger partial charge in [0, 0.05) is 38.4 Å². The van der Waals surface area contributed by atoms with E-state index in [0.717, 1.165) is 11.7 Å². The van der Waals surface area contributed by atoms with Crippen molar-refractivity contribution in [2.45, 2.75) is 44.4 Å². The molecule has 8 heteroatoms. The van der Waals surface area contributed by atoms with Crippen molar-refractivity contribution in [3.8, 4) is 0 Å². The fourth-order valence-corrected chi connectivity index (χ4v) is 2.26. The quantitative estimate of drug-likeness (QED) is 0.745. The molecule has 1 aromatic rings. The summed E-state index contributed by atoms with van der Waals surface area (Å²) in [6.07, 6.45) is 0.491. The van der Waals surface area contributed by atoms with Crippen molar-refractivity contribution in [3.05, 3.63) is 0 Å². The van der Waals surface area contributed by atoms with E-state index in [1.807, 2.05) is 0 Å². The molecule has 1 amide bonds. The Balaban J connectivity index is 2.37. The number of hydrogen-bond acceptors (Lipinski definition) is 6. The highest BCUT2D eigenvalue weighted by Gasteiger charge is 2.11. The number of tetrazole rings is 1. The van der Waals surface area contributed by atoms with Crippen LogP contribution in [0.5, 0.6) is 0 Å². The van der Waals surface area contributed by atoms with Crippen LogP contribution in [-0.4, -0.2) is 62.9 Å². The van der Waals surface area contributed by atoms with E-state index in [0.29, 0.717) is 18.7 Å². The minimum atomic E-state index is 0.0828. The van der Waals surface area contributed by atoms with Crippen LogP contribution in [0.2, 0.25) is 0 Å². The van der Waals surface area contributed by atoms with Crippen LogP contribution < -0.4 is 5.32 Å². The standard InChI is InChI=1S/C12H24N6OS/c1-12(2,3)13-7-8-18-11(14-15-16-18)20-9-6-10(19)17(4)5/h13H,6-9H2,1-5H3. The second-order valence-corrected chi connectivity index (χ2v) is 6.81. The molecule has 0 atom stereocenters. The van der Waals surface area contributed by atoms with Crippen molar-refractivity contribution in [1.29, 1.82) is 0 Å². The Kier molecular flexibility index (Phi) is 6.41. The van der Waals surface area contributed by atoms with E-state index in [2.05, 4.69) is 41.6 Å². The first-order valence-electron chi connectivity index (χ1n) is 6.64. The third-order valence-corrected chi connectivity index (χ3v) is 3.48. The molecule has 0 radical (unpaired) electrons. The van der Waals surface area contributed by atoms with Crippen molar-refractivity contribution >= 4 is 17.7 Å². The number of hydrogen-bond donors (Lipinski definition) is 1. The highest BCUT2D eigenvalue weighted by molar-refractivity contribution is 7.99. The van der Waals surface area contributed by atoms with Gasteiger partial charge in [-0.3, -0.25) is 4.79 Å². The molecule has 0 spiro atoms. The van der Waals surface area contributed by atoms with Crippen molar-refractivity contribution in [1.82, 2.24) is 30.4 Å². The summed E-state index contributed by atoms with van der Waals surface area (Å²) in [6, 6.07) is 0. The van der Waals surface area contributed by atoms with Gasteiger partial charge >= 0.3 is 0 Å². The SMILES string of the molecule is CN(C)C(=O)CCSc1nnnn1CCNC(C)(C)C. The lowest BCUT2D eigenvalue weighted by Crippen LogP contribution is -2.38. The number of nitrogens with one attached hydrogen (secondary N) is 1. The van der Waals surface area contributed by atoms with Crippen molar-refractivity contribution in [2.24, 2.45) is 0 Å². The third kappa shape index (κ3) is 6.33. The van der Waals surface area contributed by atoms with Gasteiger partial charge in [-0.1, -0.05) is 11.8 Å². The average molecular weight is 300 g/mol. The molecular weight excluding hydrogens is 276 g/mol. The summed E-state index contributed by atoms with van der Waals surface area (Å²) >= 11 is 1.51. The van der Waals surface area contributed by atoms with Gasteiger partial charge in [-0.05, 0) is 31.2 Å². The third-order valence-electron chi connectivity index (χ3n) is 2.52. The normalized spacial score (nSPS) is 11.7. The highest BCUT2D eigenvalue weighted by Crippen LogP contribution is 2.14. The molecule has 1 heterocycles. The van der Waals surface area contributed by atoms with Crippen LogP contribution in [0.1, 0.15) is 27.2 Å². The molecule has 114 valence electrons. The van der Waals surface area contributed by atoms with E-state index in [-0.39, 0.29) is 11.4 Å². The van der Waals surface area contributed by atoms with Gasteiger partial charge in [0.25, 0.3) is 0 Å². The number of nitrogens with zero attached hydrogens (tertiary/aromatic N) is 5. The maximum Gasteiger partial charge on any atom is 0.222 e. The molecule has 0 saturated heterocycles. The van der Waals surface area contributed by atoms with Crippen molar-refractivity contribution in [2.75, 3.05) is 26.4 Å². The molecule has 20 heavy (non-hydrogen) atoms. The Morgan fingerprint density at radius 1 is 1.40 bits per heavy atom. The lowest BCUT2D eigenvalue weighted by atomic mass is 10.1. The largest absolute Gasteiger partial charge is 0.349 e. The monoisotopic (exact) mass is 300 g/mol. The second-order valence-electron chi connectivity index (χ2n) is 5.75. The summed E-state index contributed by atoms with van der Waals surface area (Å²) < 4.78 is 1.77. The number of thioether (sulfide) groups is 1. The molecule has 0 unspecified atom stereocenters. The zero-order valence-electron chi connectivity index (χ0n) is 12.9. The van der Waals surface area contributed by atoms with Gasteiger partial charge in [-0.2, -0.15) is 0 Å². The minimum Gasteiger partial charge on any atom is -0.349 e. The Hall–Kier alpha value is -1.15. The lowest BCUT2D eigenvalue weighted by molar-refractivity contribution is -0.128. The van der Waals surface area contributed by atoms with Crippen LogP contribution in [0, 0.1) is 0 Å². The van der Waals surface area contributed by atoms with Crippen LogP contribution in [0.15, 0.2) is 5.16 Å². The number of carbonyl (C=O) groups excluding carboxylic acids is 1. The summed E-state index contributed by atoms with van der Waals surface area (Å²) in [5.41, 5.74) is 0.0828. The van der Waals surface area contributed by atoms with Gasteiger partial charge in [0.1, 0.15) is 0 Å². The molecule has 0 fully saturated rings. The first kappa shape index (κ1) is 16.9. The summed E-state index contributed by atoms with van der Waals surface area (Å²) in [6.45, 7) is 7.88. The molecule has 0 aliphatic rings. The zero-order valence-corrected chi connectivity index (χ0v) is 13.7. The number of carbonyl (C=O) groups is 1. The molecule has 0 aliphatic carbocycles. The van der Waals surface area contributed by atoms with E-state index in [1.54, 1.807) is 23.7 Å². The lowest BCUT2D eigenvalue weighted by Gasteiger charge is -2.20. The van der Waals surface area contributed by atoms with E-state index >= 15 is 0 Å². The van der Waals surface area contributed by atoms with Gasteiger partial charge in [0.15, 0.2) is 0 Å². The highest BCUT2D eigenvalue weighted by atomic mass is 32.2. The number of amides is 1. The molecule has 1 aromatic heterocycles. The Labute approximate surface area is 124 Å². The topological polar surface area (TPSA) is 75.9 Å². The maximum absolute atomic E-state index is 11.5. The molecule has 7 nitrogen and oxygen atoms in total. The number of aromatic nitrogens is 4. The molecule has 0 bridgehead atoms. The Morgan fingerprint density at radius 3 is 2.70 bits per heavy atom. The van der Waals surface area contributed by atoms with Crippen LogP contribution >= 0.6 is 11.8 Å². The minimum absolute atomic E-state index is 0.0828. The van der Waals surface area contributed by atoms with Crippen LogP contribution in [0.25, 0.3) is 0 Å². The van der Waals surface area contributed by atoms with Crippen molar-refractivity contribution < 1.29 is 4.79 Å². The summed E-state index contributed by atoms with van der Waals surface area (Å²) in [5, 5.41) is 15.8.